The average Bonchev–Trinajstić information content (AvgIpc) is 2.05. The lowest BCUT2D eigenvalue weighted by molar-refractivity contribution is -0.121. The van der Waals surface area contributed by atoms with Crippen molar-refractivity contribution >= 4 is 21.8 Å². The van der Waals surface area contributed by atoms with Gasteiger partial charge in [0.25, 0.3) is 0 Å². The van der Waals surface area contributed by atoms with Gasteiger partial charge in [0.1, 0.15) is 0 Å². The molecule has 0 aromatic heterocycles. The summed E-state index contributed by atoms with van der Waals surface area (Å²) in [4.78, 5) is 11.0. The van der Waals surface area contributed by atoms with Gasteiger partial charge in [-0.3, -0.25) is 4.79 Å². The number of hydrogen-bond acceptors (Lipinski definition) is 2. The Hall–Kier alpha value is -0.0900. The van der Waals surface area contributed by atoms with Crippen LogP contribution in [0.3, 0.4) is 0 Å². The van der Waals surface area contributed by atoms with Gasteiger partial charge in [-0.1, -0.05) is 22.9 Å². The average molecular weight is 238 g/mol. The van der Waals surface area contributed by atoms with Gasteiger partial charge in [0.05, 0.1) is 12.6 Å². The molecule has 0 bridgehead atoms. The van der Waals surface area contributed by atoms with Crippen molar-refractivity contribution in [1.82, 2.24) is 5.32 Å². The van der Waals surface area contributed by atoms with Crippen molar-refractivity contribution in [2.45, 2.75) is 25.8 Å². The number of ether oxygens (including phenoxy) is 1. The lowest BCUT2D eigenvalue weighted by Gasteiger charge is -2.15. The van der Waals surface area contributed by atoms with Crippen molar-refractivity contribution in [3.63, 3.8) is 0 Å². The number of carbonyl (C=O) groups excluding carboxylic acids is 1. The summed E-state index contributed by atoms with van der Waals surface area (Å²) in [6, 6.07) is 0.141. The Morgan fingerprint density at radius 1 is 1.67 bits per heavy atom. The first-order valence-corrected chi connectivity index (χ1v) is 5.21. The summed E-state index contributed by atoms with van der Waals surface area (Å²) in [5.41, 5.74) is 0. The minimum absolute atomic E-state index is 0.0815. The third-order valence-electron chi connectivity index (χ3n) is 1.51. The molecular formula is C8H16BrNO2. The van der Waals surface area contributed by atoms with Crippen molar-refractivity contribution in [3.05, 3.63) is 0 Å². The molecule has 0 aromatic carbocycles. The molecule has 1 atom stereocenters. The van der Waals surface area contributed by atoms with Gasteiger partial charge >= 0.3 is 0 Å². The predicted molar refractivity (Wildman–Crippen MR) is 52.5 cm³/mol. The molecule has 0 aliphatic heterocycles. The number of halogens is 1. The van der Waals surface area contributed by atoms with Gasteiger partial charge < -0.3 is 10.1 Å². The first-order chi connectivity index (χ1) is 5.74. The summed E-state index contributed by atoms with van der Waals surface area (Å²) in [6.45, 7) is 2.42. The second-order valence-electron chi connectivity index (χ2n) is 2.55. The summed E-state index contributed by atoms with van der Waals surface area (Å²) in [5.74, 6) is 0.0815. The van der Waals surface area contributed by atoms with Crippen LogP contribution in [0.1, 0.15) is 19.8 Å². The van der Waals surface area contributed by atoms with Crippen molar-refractivity contribution < 1.29 is 9.53 Å². The van der Waals surface area contributed by atoms with Crippen LogP contribution in [0.15, 0.2) is 0 Å². The highest BCUT2D eigenvalue weighted by Crippen LogP contribution is 1.97. The Labute approximate surface area is 82.0 Å². The minimum Gasteiger partial charge on any atom is -0.383 e. The highest BCUT2D eigenvalue weighted by molar-refractivity contribution is 9.09. The van der Waals surface area contributed by atoms with Gasteiger partial charge in [0.2, 0.25) is 5.91 Å². The van der Waals surface area contributed by atoms with E-state index in [1.807, 2.05) is 6.92 Å². The van der Waals surface area contributed by atoms with Gasteiger partial charge in [0, 0.05) is 18.9 Å². The molecule has 72 valence electrons. The van der Waals surface area contributed by atoms with Crippen LogP contribution in [-0.4, -0.2) is 31.0 Å². The smallest absolute Gasteiger partial charge is 0.220 e. The van der Waals surface area contributed by atoms with Gasteiger partial charge in [0.15, 0.2) is 0 Å². The van der Waals surface area contributed by atoms with Crippen LogP contribution >= 0.6 is 15.9 Å². The fourth-order valence-electron chi connectivity index (χ4n) is 0.860. The van der Waals surface area contributed by atoms with Gasteiger partial charge in [-0.15, -0.1) is 0 Å². The molecule has 12 heavy (non-hydrogen) atoms. The fourth-order valence-corrected chi connectivity index (χ4v) is 1.41. The standard InChI is InChI=1S/C8H16BrNO2/c1-3-8(11)10-7(4-5-9)6-12-2/h7H,3-6H2,1-2H3,(H,10,11). The molecule has 0 radical (unpaired) electrons. The summed E-state index contributed by atoms with van der Waals surface area (Å²) in [6.07, 6.45) is 1.43. The maximum atomic E-state index is 11.0. The Morgan fingerprint density at radius 2 is 2.33 bits per heavy atom. The summed E-state index contributed by atoms with van der Waals surface area (Å²) in [5, 5.41) is 3.75. The van der Waals surface area contributed by atoms with E-state index in [4.69, 9.17) is 4.74 Å². The largest absolute Gasteiger partial charge is 0.383 e. The molecule has 3 nitrogen and oxygen atoms in total. The van der Waals surface area contributed by atoms with E-state index in [1.54, 1.807) is 7.11 Å². The maximum Gasteiger partial charge on any atom is 0.220 e. The Balaban J connectivity index is 3.68. The third kappa shape index (κ3) is 5.55. The van der Waals surface area contributed by atoms with Crippen LogP contribution in [-0.2, 0) is 9.53 Å². The fraction of sp³-hybridized carbons (Fsp3) is 0.875. The number of hydrogen-bond donors (Lipinski definition) is 1. The molecule has 0 aromatic rings. The van der Waals surface area contributed by atoms with Crippen LogP contribution in [0, 0.1) is 0 Å². The normalized spacial score (nSPS) is 12.6. The minimum atomic E-state index is 0.0815. The molecule has 0 heterocycles. The number of alkyl halides is 1. The molecule has 4 heteroatoms. The Kier molecular flexibility index (Phi) is 7.50. The topological polar surface area (TPSA) is 38.3 Å². The summed E-state index contributed by atoms with van der Waals surface area (Å²) >= 11 is 3.32. The number of methoxy groups -OCH3 is 1. The highest BCUT2D eigenvalue weighted by Gasteiger charge is 2.09. The van der Waals surface area contributed by atoms with Crippen molar-refractivity contribution in [2.75, 3.05) is 19.0 Å². The molecule has 1 amide bonds. The molecule has 1 unspecified atom stereocenters. The molecular weight excluding hydrogens is 222 g/mol. The van der Waals surface area contributed by atoms with E-state index in [9.17, 15) is 4.79 Å². The number of rotatable bonds is 6. The van der Waals surface area contributed by atoms with E-state index in [0.29, 0.717) is 13.0 Å². The summed E-state index contributed by atoms with van der Waals surface area (Å²) < 4.78 is 4.97. The van der Waals surface area contributed by atoms with E-state index < -0.39 is 0 Å². The van der Waals surface area contributed by atoms with Crippen molar-refractivity contribution in [3.8, 4) is 0 Å². The van der Waals surface area contributed by atoms with E-state index in [2.05, 4.69) is 21.2 Å². The first kappa shape index (κ1) is 11.9. The number of amides is 1. The second kappa shape index (κ2) is 7.55. The van der Waals surface area contributed by atoms with E-state index >= 15 is 0 Å². The number of nitrogens with one attached hydrogen (secondary N) is 1. The molecule has 0 aliphatic rings. The zero-order valence-electron chi connectivity index (χ0n) is 7.60. The van der Waals surface area contributed by atoms with Crippen LogP contribution in [0.5, 0.6) is 0 Å². The Bertz CT molecular complexity index is 124. The number of carbonyl (C=O) groups is 1. The van der Waals surface area contributed by atoms with Gasteiger partial charge in [-0.05, 0) is 6.42 Å². The molecule has 0 fully saturated rings. The SMILES string of the molecule is CCC(=O)NC(CCBr)COC. The van der Waals surface area contributed by atoms with Crippen LogP contribution in [0.4, 0.5) is 0 Å². The molecule has 1 N–H and O–H groups in total. The van der Waals surface area contributed by atoms with E-state index in [1.165, 1.54) is 0 Å². The molecule has 0 spiro atoms. The zero-order valence-corrected chi connectivity index (χ0v) is 9.19. The lowest BCUT2D eigenvalue weighted by Crippen LogP contribution is -2.37. The van der Waals surface area contributed by atoms with E-state index in [0.717, 1.165) is 11.8 Å². The van der Waals surface area contributed by atoms with Crippen molar-refractivity contribution in [1.29, 1.82) is 0 Å². The quantitative estimate of drug-likeness (QED) is 0.708. The zero-order chi connectivity index (χ0) is 9.40. The van der Waals surface area contributed by atoms with Crippen LogP contribution < -0.4 is 5.32 Å². The Morgan fingerprint density at radius 3 is 2.75 bits per heavy atom. The first-order valence-electron chi connectivity index (χ1n) is 4.08. The van der Waals surface area contributed by atoms with Crippen LogP contribution in [0.2, 0.25) is 0 Å². The van der Waals surface area contributed by atoms with E-state index in [-0.39, 0.29) is 11.9 Å². The molecule has 0 rings (SSSR count). The third-order valence-corrected chi connectivity index (χ3v) is 1.97. The lowest BCUT2D eigenvalue weighted by atomic mass is 10.2. The predicted octanol–water partition coefficient (Wildman–Crippen LogP) is 1.31. The molecule has 0 saturated heterocycles. The van der Waals surface area contributed by atoms with Crippen molar-refractivity contribution in [2.24, 2.45) is 0 Å². The van der Waals surface area contributed by atoms with Crippen LogP contribution in [0.25, 0.3) is 0 Å². The molecule has 0 aliphatic carbocycles. The maximum absolute atomic E-state index is 11.0. The second-order valence-corrected chi connectivity index (χ2v) is 3.34. The van der Waals surface area contributed by atoms with Gasteiger partial charge in [-0.2, -0.15) is 0 Å². The summed E-state index contributed by atoms with van der Waals surface area (Å²) in [7, 11) is 1.64. The molecule has 0 saturated carbocycles. The van der Waals surface area contributed by atoms with Gasteiger partial charge in [-0.25, -0.2) is 0 Å². The monoisotopic (exact) mass is 237 g/mol. The highest BCUT2D eigenvalue weighted by atomic mass is 79.9.